The second-order valence-corrected chi connectivity index (χ2v) is 7.91. The van der Waals surface area contributed by atoms with Crippen LogP contribution in [0, 0.1) is 0 Å². The van der Waals surface area contributed by atoms with Crippen LogP contribution in [0.4, 0.5) is 0 Å². The molecule has 0 aliphatic heterocycles. The van der Waals surface area contributed by atoms with Crippen molar-refractivity contribution in [1.29, 1.82) is 0 Å². The Balaban J connectivity index is 1.99. The Morgan fingerprint density at radius 3 is 2.21 bits per heavy atom. The third-order valence-corrected chi connectivity index (χ3v) is 4.84. The lowest BCUT2D eigenvalue weighted by molar-refractivity contribution is -0.117. The minimum atomic E-state index is -3.22. The van der Waals surface area contributed by atoms with Crippen LogP contribution in [0.15, 0.2) is 59.5 Å². The third kappa shape index (κ3) is 5.22. The number of rotatable bonds is 5. The second-order valence-electron chi connectivity index (χ2n) is 5.46. The number of amides is 1. The number of hydrogen-bond acceptors (Lipinski definition) is 3. The van der Waals surface area contributed by atoms with Gasteiger partial charge < -0.3 is 5.32 Å². The molecule has 0 spiro atoms. The summed E-state index contributed by atoms with van der Waals surface area (Å²) in [5, 5.41) is 3.48. The van der Waals surface area contributed by atoms with Crippen LogP contribution in [0.1, 0.15) is 24.1 Å². The van der Waals surface area contributed by atoms with Gasteiger partial charge >= 0.3 is 0 Å². The predicted molar refractivity (Wildman–Crippen MR) is 96.6 cm³/mol. The van der Waals surface area contributed by atoms with Crippen molar-refractivity contribution in [2.75, 3.05) is 6.26 Å². The first-order valence-corrected chi connectivity index (χ1v) is 9.57. The van der Waals surface area contributed by atoms with Crippen molar-refractivity contribution in [2.45, 2.75) is 17.9 Å². The smallest absolute Gasteiger partial charge is 0.244 e. The lowest BCUT2D eigenvalue weighted by atomic mass is 10.1. The molecule has 1 amide bonds. The zero-order valence-corrected chi connectivity index (χ0v) is 14.9. The summed E-state index contributed by atoms with van der Waals surface area (Å²) in [6, 6.07) is 13.4. The van der Waals surface area contributed by atoms with Crippen LogP contribution in [0.5, 0.6) is 0 Å². The first kappa shape index (κ1) is 18.2. The molecule has 0 saturated heterocycles. The molecule has 2 aromatic rings. The van der Waals surface area contributed by atoms with E-state index < -0.39 is 9.84 Å². The first-order chi connectivity index (χ1) is 11.3. The summed E-state index contributed by atoms with van der Waals surface area (Å²) >= 11 is 5.81. The molecule has 24 heavy (non-hydrogen) atoms. The van der Waals surface area contributed by atoms with Gasteiger partial charge in [-0.05, 0) is 48.4 Å². The van der Waals surface area contributed by atoms with Gasteiger partial charge in [0.05, 0.1) is 10.9 Å². The van der Waals surface area contributed by atoms with Crippen LogP contribution < -0.4 is 5.32 Å². The highest BCUT2D eigenvalue weighted by Gasteiger charge is 2.10. The topological polar surface area (TPSA) is 63.2 Å². The fourth-order valence-corrected chi connectivity index (χ4v) is 2.85. The molecule has 6 heteroatoms. The predicted octanol–water partition coefficient (Wildman–Crippen LogP) is 3.63. The largest absolute Gasteiger partial charge is 0.346 e. The average molecular weight is 364 g/mol. The van der Waals surface area contributed by atoms with Gasteiger partial charge in [0.25, 0.3) is 0 Å². The van der Waals surface area contributed by atoms with Crippen molar-refractivity contribution in [3.63, 3.8) is 0 Å². The van der Waals surface area contributed by atoms with Crippen molar-refractivity contribution < 1.29 is 13.2 Å². The van der Waals surface area contributed by atoms with E-state index in [1.165, 1.54) is 18.2 Å². The first-order valence-electron chi connectivity index (χ1n) is 7.30. The lowest BCUT2D eigenvalue weighted by Crippen LogP contribution is -2.24. The van der Waals surface area contributed by atoms with Gasteiger partial charge in [0.2, 0.25) is 5.91 Å². The molecule has 0 aliphatic rings. The quantitative estimate of drug-likeness (QED) is 0.825. The number of benzene rings is 2. The van der Waals surface area contributed by atoms with Crippen molar-refractivity contribution in [1.82, 2.24) is 5.32 Å². The van der Waals surface area contributed by atoms with Crippen LogP contribution in [-0.2, 0) is 14.6 Å². The van der Waals surface area contributed by atoms with Gasteiger partial charge in [-0.1, -0.05) is 35.9 Å². The van der Waals surface area contributed by atoms with E-state index in [9.17, 15) is 13.2 Å². The minimum absolute atomic E-state index is 0.232. The van der Waals surface area contributed by atoms with Crippen molar-refractivity contribution >= 4 is 33.4 Å². The van der Waals surface area contributed by atoms with Gasteiger partial charge in [-0.15, -0.1) is 0 Å². The van der Waals surface area contributed by atoms with E-state index in [1.54, 1.807) is 30.3 Å². The molecule has 1 N–H and O–H groups in total. The summed E-state index contributed by atoms with van der Waals surface area (Å²) in [6.07, 6.45) is 4.31. The molecule has 0 fully saturated rings. The highest BCUT2D eigenvalue weighted by atomic mass is 35.5. The van der Waals surface area contributed by atoms with Crippen LogP contribution in [-0.4, -0.2) is 20.6 Å². The second kappa shape index (κ2) is 7.64. The normalized spacial score (nSPS) is 13.0. The third-order valence-electron chi connectivity index (χ3n) is 3.46. The molecule has 0 bridgehead atoms. The Kier molecular flexibility index (Phi) is 5.80. The van der Waals surface area contributed by atoms with E-state index in [2.05, 4.69) is 5.32 Å². The number of carbonyl (C=O) groups is 1. The maximum atomic E-state index is 12.0. The van der Waals surface area contributed by atoms with Gasteiger partial charge in [-0.2, -0.15) is 0 Å². The summed E-state index contributed by atoms with van der Waals surface area (Å²) in [6.45, 7) is 1.84. The number of nitrogens with one attached hydrogen (secondary N) is 1. The fourth-order valence-electron chi connectivity index (χ4n) is 2.09. The summed E-state index contributed by atoms with van der Waals surface area (Å²) in [5.74, 6) is -0.232. The van der Waals surface area contributed by atoms with E-state index in [-0.39, 0.29) is 16.8 Å². The Morgan fingerprint density at radius 1 is 1.08 bits per heavy atom. The highest BCUT2D eigenvalue weighted by Crippen LogP contribution is 2.16. The molecule has 2 aromatic carbocycles. The summed E-state index contributed by atoms with van der Waals surface area (Å²) in [5.41, 5.74) is 1.70. The number of halogens is 1. The Labute approximate surface area is 147 Å². The van der Waals surface area contributed by atoms with Crippen LogP contribution in [0.25, 0.3) is 6.08 Å². The van der Waals surface area contributed by atoms with Gasteiger partial charge in [0, 0.05) is 17.4 Å². The molecular weight excluding hydrogens is 346 g/mol. The van der Waals surface area contributed by atoms with E-state index >= 15 is 0 Å². The van der Waals surface area contributed by atoms with Crippen LogP contribution >= 0.6 is 11.6 Å². The van der Waals surface area contributed by atoms with Crippen LogP contribution in [0.3, 0.4) is 0 Å². The van der Waals surface area contributed by atoms with Gasteiger partial charge in [-0.3, -0.25) is 4.79 Å². The molecule has 0 radical (unpaired) electrons. The number of sulfone groups is 1. The Morgan fingerprint density at radius 2 is 1.67 bits per heavy atom. The molecule has 0 saturated carbocycles. The minimum Gasteiger partial charge on any atom is -0.346 e. The van der Waals surface area contributed by atoms with E-state index in [0.29, 0.717) is 5.02 Å². The summed E-state index contributed by atoms with van der Waals surface area (Å²) < 4.78 is 22.9. The molecule has 0 aliphatic carbocycles. The zero-order valence-electron chi connectivity index (χ0n) is 13.4. The maximum absolute atomic E-state index is 12.0. The molecular formula is C18H18ClNO3S. The fraction of sp³-hybridized carbons (Fsp3) is 0.167. The monoisotopic (exact) mass is 363 g/mol. The van der Waals surface area contributed by atoms with Gasteiger partial charge in [0.1, 0.15) is 0 Å². The summed E-state index contributed by atoms with van der Waals surface area (Å²) in [7, 11) is -3.22. The van der Waals surface area contributed by atoms with E-state index in [0.717, 1.165) is 17.4 Å². The van der Waals surface area contributed by atoms with Crippen molar-refractivity contribution in [2.24, 2.45) is 0 Å². The van der Waals surface area contributed by atoms with E-state index in [4.69, 9.17) is 11.6 Å². The number of carbonyl (C=O) groups excluding carboxylic acids is 1. The van der Waals surface area contributed by atoms with Crippen molar-refractivity contribution in [3.05, 3.63) is 70.8 Å². The molecule has 2 rings (SSSR count). The van der Waals surface area contributed by atoms with E-state index in [1.807, 2.05) is 19.1 Å². The Bertz CT molecular complexity index is 841. The molecule has 0 heterocycles. The van der Waals surface area contributed by atoms with Crippen molar-refractivity contribution in [3.8, 4) is 0 Å². The lowest BCUT2D eigenvalue weighted by Gasteiger charge is -2.13. The highest BCUT2D eigenvalue weighted by molar-refractivity contribution is 7.90. The Hall–Kier alpha value is -2.11. The number of hydrogen-bond donors (Lipinski definition) is 1. The maximum Gasteiger partial charge on any atom is 0.244 e. The SMILES string of the molecule is C[C@@H](NC(=O)/C=C/c1ccc(Cl)cc1)c1ccc(S(C)(=O)=O)cc1. The molecule has 0 aromatic heterocycles. The van der Waals surface area contributed by atoms with Crippen LogP contribution in [0.2, 0.25) is 5.02 Å². The standard InChI is InChI=1S/C18H18ClNO3S/c1-13(15-6-10-17(11-7-15)24(2,22)23)20-18(21)12-5-14-3-8-16(19)9-4-14/h3-13H,1-2H3,(H,20,21)/b12-5+/t13-/m1/s1. The van der Waals surface area contributed by atoms with Gasteiger partial charge in [-0.25, -0.2) is 8.42 Å². The molecule has 0 unspecified atom stereocenters. The zero-order chi connectivity index (χ0) is 17.7. The molecule has 4 nitrogen and oxygen atoms in total. The summed E-state index contributed by atoms with van der Waals surface area (Å²) in [4.78, 5) is 12.2. The van der Waals surface area contributed by atoms with Gasteiger partial charge in [0.15, 0.2) is 9.84 Å². The molecule has 1 atom stereocenters. The molecule has 126 valence electrons. The average Bonchev–Trinajstić information content (AvgIpc) is 2.53.